The minimum atomic E-state index is -3.20. The second-order valence-electron chi connectivity index (χ2n) is 3.90. The maximum Gasteiger partial charge on any atom is 0.237 e. The molecule has 6 nitrogen and oxygen atoms in total. The largest absolute Gasteiger partial charge is 0.438 e. The maximum absolute atomic E-state index is 11.3. The minimum absolute atomic E-state index is 0.240. The molecule has 0 aliphatic heterocycles. The lowest BCUT2D eigenvalue weighted by Gasteiger charge is -2.05. The Labute approximate surface area is 111 Å². The molecule has 0 radical (unpaired) electrons. The van der Waals surface area contributed by atoms with Crippen LogP contribution in [0, 0.1) is 0 Å². The lowest BCUT2D eigenvalue weighted by molar-refractivity contribution is 0.459. The van der Waals surface area contributed by atoms with Crippen LogP contribution in [0.4, 0.5) is 0 Å². The summed E-state index contributed by atoms with van der Waals surface area (Å²) in [5.74, 6) is 0.812. The van der Waals surface area contributed by atoms with Crippen LogP contribution in [0.5, 0.6) is 11.6 Å². The van der Waals surface area contributed by atoms with Crippen LogP contribution in [-0.4, -0.2) is 24.6 Å². The van der Waals surface area contributed by atoms with E-state index in [0.717, 1.165) is 6.26 Å². The Kier molecular flexibility index (Phi) is 3.77. The van der Waals surface area contributed by atoms with Crippen LogP contribution in [-0.2, 0) is 16.4 Å². The molecule has 0 saturated carbocycles. The number of nitrogens with two attached hydrogens (primary N) is 1. The molecule has 0 saturated heterocycles. The first-order valence-electron chi connectivity index (χ1n) is 5.48. The summed E-state index contributed by atoms with van der Waals surface area (Å²) in [5.41, 5.74) is 6.08. The number of aromatic nitrogens is 2. The van der Waals surface area contributed by atoms with Gasteiger partial charge in [0.2, 0.25) is 5.88 Å². The molecular formula is C12H13N3O3S. The van der Waals surface area contributed by atoms with E-state index in [1.54, 1.807) is 12.1 Å². The zero-order valence-electron chi connectivity index (χ0n) is 10.3. The van der Waals surface area contributed by atoms with Gasteiger partial charge in [-0.2, -0.15) is 0 Å². The van der Waals surface area contributed by atoms with Crippen molar-refractivity contribution in [2.24, 2.45) is 5.73 Å². The summed E-state index contributed by atoms with van der Waals surface area (Å²) in [6.07, 6.45) is 4.15. The zero-order valence-corrected chi connectivity index (χ0v) is 11.1. The molecule has 0 fully saturated rings. The first-order valence-corrected chi connectivity index (χ1v) is 7.37. The molecule has 0 spiro atoms. The average molecular weight is 279 g/mol. The van der Waals surface area contributed by atoms with Crippen LogP contribution in [0.2, 0.25) is 0 Å². The Balaban J connectivity index is 2.15. The summed E-state index contributed by atoms with van der Waals surface area (Å²) in [4.78, 5) is 8.31. The van der Waals surface area contributed by atoms with E-state index < -0.39 is 9.84 Å². The Morgan fingerprint density at radius 2 is 1.84 bits per heavy atom. The van der Waals surface area contributed by atoms with Crippen LogP contribution >= 0.6 is 0 Å². The Morgan fingerprint density at radius 1 is 1.16 bits per heavy atom. The van der Waals surface area contributed by atoms with Gasteiger partial charge in [-0.25, -0.2) is 13.4 Å². The summed E-state index contributed by atoms with van der Waals surface area (Å²) in [6.45, 7) is 0.316. The molecule has 19 heavy (non-hydrogen) atoms. The molecule has 1 aromatic heterocycles. The summed E-state index contributed by atoms with van der Waals surface area (Å²) in [6, 6.07) is 6.09. The maximum atomic E-state index is 11.3. The van der Waals surface area contributed by atoms with Crippen molar-refractivity contribution in [3.05, 3.63) is 42.4 Å². The fourth-order valence-electron chi connectivity index (χ4n) is 1.38. The normalized spacial score (nSPS) is 11.3. The first-order chi connectivity index (χ1) is 8.99. The second kappa shape index (κ2) is 5.33. The smallest absolute Gasteiger partial charge is 0.237 e. The van der Waals surface area contributed by atoms with Crippen molar-refractivity contribution < 1.29 is 13.2 Å². The van der Waals surface area contributed by atoms with Crippen LogP contribution < -0.4 is 10.5 Å². The van der Waals surface area contributed by atoms with Crippen molar-refractivity contribution in [1.29, 1.82) is 0 Å². The Hall–Kier alpha value is -1.99. The summed E-state index contributed by atoms with van der Waals surface area (Å²) in [7, 11) is -3.20. The van der Waals surface area contributed by atoms with Gasteiger partial charge in [-0.3, -0.25) is 4.98 Å². The molecule has 0 amide bonds. The molecule has 0 unspecified atom stereocenters. The van der Waals surface area contributed by atoms with Gasteiger partial charge in [-0.05, 0) is 24.3 Å². The lowest BCUT2D eigenvalue weighted by atomic mass is 10.3. The summed E-state index contributed by atoms with van der Waals surface area (Å²) >= 11 is 0. The lowest BCUT2D eigenvalue weighted by Crippen LogP contribution is -2.00. The molecule has 0 aliphatic rings. The third kappa shape index (κ3) is 3.49. The van der Waals surface area contributed by atoms with Gasteiger partial charge in [0.05, 0.1) is 23.0 Å². The molecule has 0 bridgehead atoms. The highest BCUT2D eigenvalue weighted by atomic mass is 32.2. The number of benzene rings is 1. The predicted molar refractivity (Wildman–Crippen MR) is 69.5 cm³/mol. The van der Waals surface area contributed by atoms with E-state index in [1.165, 1.54) is 24.5 Å². The quantitative estimate of drug-likeness (QED) is 0.901. The van der Waals surface area contributed by atoms with Crippen molar-refractivity contribution in [3.63, 3.8) is 0 Å². The van der Waals surface area contributed by atoms with Crippen molar-refractivity contribution in [2.45, 2.75) is 11.4 Å². The monoisotopic (exact) mass is 279 g/mol. The highest BCUT2D eigenvalue weighted by Gasteiger charge is 2.07. The van der Waals surface area contributed by atoms with E-state index in [4.69, 9.17) is 10.5 Å². The summed E-state index contributed by atoms with van der Waals surface area (Å²) in [5, 5.41) is 0. The molecule has 2 aromatic rings. The minimum Gasteiger partial charge on any atom is -0.438 e. The molecule has 0 atom stereocenters. The summed E-state index contributed by atoms with van der Waals surface area (Å²) < 4.78 is 28.0. The fraction of sp³-hybridized carbons (Fsp3) is 0.167. The molecule has 2 rings (SSSR count). The molecule has 1 heterocycles. The van der Waals surface area contributed by atoms with Crippen LogP contribution in [0.25, 0.3) is 0 Å². The number of sulfone groups is 1. The van der Waals surface area contributed by atoms with Gasteiger partial charge in [-0.1, -0.05) is 0 Å². The zero-order chi connectivity index (χ0) is 13.9. The van der Waals surface area contributed by atoms with Gasteiger partial charge >= 0.3 is 0 Å². The number of hydrogen-bond acceptors (Lipinski definition) is 6. The van der Waals surface area contributed by atoms with Gasteiger partial charge in [0.1, 0.15) is 5.75 Å². The topological polar surface area (TPSA) is 95.2 Å². The Morgan fingerprint density at radius 3 is 2.32 bits per heavy atom. The van der Waals surface area contributed by atoms with Crippen LogP contribution in [0.1, 0.15) is 5.69 Å². The van der Waals surface area contributed by atoms with E-state index in [-0.39, 0.29) is 4.90 Å². The van der Waals surface area contributed by atoms with Crippen LogP contribution in [0.15, 0.2) is 41.6 Å². The van der Waals surface area contributed by atoms with E-state index in [1.807, 2.05) is 0 Å². The molecular weight excluding hydrogens is 266 g/mol. The van der Waals surface area contributed by atoms with E-state index >= 15 is 0 Å². The highest BCUT2D eigenvalue weighted by molar-refractivity contribution is 7.90. The standard InChI is InChI=1S/C12H13N3O3S/c1-19(16,17)11-4-2-10(3-5-11)18-12-8-14-9(6-13)7-15-12/h2-5,7-8H,6,13H2,1H3. The molecule has 2 N–H and O–H groups in total. The SMILES string of the molecule is CS(=O)(=O)c1ccc(Oc2cnc(CN)cn2)cc1. The van der Waals surface area contributed by atoms with Crippen LogP contribution in [0.3, 0.4) is 0 Å². The van der Waals surface area contributed by atoms with E-state index in [0.29, 0.717) is 23.9 Å². The van der Waals surface area contributed by atoms with Crippen molar-refractivity contribution >= 4 is 9.84 Å². The van der Waals surface area contributed by atoms with Gasteiger partial charge in [0.25, 0.3) is 0 Å². The van der Waals surface area contributed by atoms with Crippen molar-refractivity contribution in [3.8, 4) is 11.6 Å². The fourth-order valence-corrected chi connectivity index (χ4v) is 2.01. The van der Waals surface area contributed by atoms with Crippen molar-refractivity contribution in [1.82, 2.24) is 9.97 Å². The third-order valence-corrected chi connectivity index (χ3v) is 3.49. The van der Waals surface area contributed by atoms with Gasteiger partial charge in [0.15, 0.2) is 9.84 Å². The number of nitrogens with zero attached hydrogens (tertiary/aromatic N) is 2. The number of rotatable bonds is 4. The van der Waals surface area contributed by atoms with E-state index in [2.05, 4.69) is 9.97 Å². The van der Waals surface area contributed by atoms with Gasteiger partial charge in [-0.15, -0.1) is 0 Å². The van der Waals surface area contributed by atoms with Crippen molar-refractivity contribution in [2.75, 3.05) is 6.26 Å². The molecule has 1 aromatic carbocycles. The van der Waals surface area contributed by atoms with E-state index in [9.17, 15) is 8.42 Å². The first kappa shape index (κ1) is 13.4. The molecule has 100 valence electrons. The average Bonchev–Trinajstić information content (AvgIpc) is 2.39. The number of hydrogen-bond donors (Lipinski definition) is 1. The third-order valence-electron chi connectivity index (χ3n) is 2.37. The number of ether oxygens (including phenoxy) is 1. The second-order valence-corrected chi connectivity index (χ2v) is 5.91. The Bertz CT molecular complexity index is 652. The van der Waals surface area contributed by atoms with Gasteiger partial charge in [0, 0.05) is 12.8 Å². The molecule has 7 heteroatoms. The molecule has 0 aliphatic carbocycles. The highest BCUT2D eigenvalue weighted by Crippen LogP contribution is 2.20. The van der Waals surface area contributed by atoms with Gasteiger partial charge < -0.3 is 10.5 Å². The predicted octanol–water partition coefficient (Wildman–Crippen LogP) is 1.13.